The summed E-state index contributed by atoms with van der Waals surface area (Å²) in [6.45, 7) is 2.22. The van der Waals surface area contributed by atoms with Crippen LogP contribution >= 0.6 is 11.6 Å². The van der Waals surface area contributed by atoms with Gasteiger partial charge in [0.15, 0.2) is 0 Å². The second-order valence-corrected chi connectivity index (χ2v) is 5.56. The van der Waals surface area contributed by atoms with Crippen LogP contribution in [0.2, 0.25) is 5.02 Å². The van der Waals surface area contributed by atoms with Gasteiger partial charge in [-0.05, 0) is 36.8 Å². The SMILES string of the molecule is C[C@H](c1ccc(Cl)cc1)N(CC(=O)NCC#N)c1ccccc1. The molecule has 0 aliphatic heterocycles. The van der Waals surface area contributed by atoms with E-state index in [0.717, 1.165) is 11.3 Å². The summed E-state index contributed by atoms with van der Waals surface area (Å²) in [4.78, 5) is 14.0. The summed E-state index contributed by atoms with van der Waals surface area (Å²) in [5, 5.41) is 11.9. The second kappa shape index (κ2) is 8.21. The summed E-state index contributed by atoms with van der Waals surface area (Å²) < 4.78 is 0. The summed E-state index contributed by atoms with van der Waals surface area (Å²) in [6.07, 6.45) is 0. The van der Waals surface area contributed by atoms with E-state index >= 15 is 0 Å². The molecule has 1 N–H and O–H groups in total. The first-order valence-electron chi connectivity index (χ1n) is 7.32. The van der Waals surface area contributed by atoms with Crippen LogP contribution in [0, 0.1) is 11.3 Å². The van der Waals surface area contributed by atoms with Gasteiger partial charge >= 0.3 is 0 Å². The van der Waals surface area contributed by atoms with Gasteiger partial charge in [-0.1, -0.05) is 41.9 Å². The molecular weight excluding hydrogens is 310 g/mol. The lowest BCUT2D eigenvalue weighted by Crippen LogP contribution is -2.38. The number of carbonyl (C=O) groups excluding carboxylic acids is 1. The topological polar surface area (TPSA) is 56.1 Å². The minimum Gasteiger partial charge on any atom is -0.355 e. The van der Waals surface area contributed by atoms with E-state index in [2.05, 4.69) is 5.32 Å². The highest BCUT2D eigenvalue weighted by molar-refractivity contribution is 6.30. The number of nitriles is 1. The number of nitrogens with one attached hydrogen (secondary N) is 1. The molecule has 2 rings (SSSR count). The predicted octanol–water partition coefficient (Wildman–Crippen LogP) is 3.55. The summed E-state index contributed by atoms with van der Waals surface area (Å²) >= 11 is 5.95. The normalized spacial score (nSPS) is 11.3. The number of halogens is 1. The number of amides is 1. The van der Waals surface area contributed by atoms with Crippen LogP contribution in [0.5, 0.6) is 0 Å². The van der Waals surface area contributed by atoms with Gasteiger partial charge in [-0.2, -0.15) is 5.26 Å². The Morgan fingerprint density at radius 3 is 2.48 bits per heavy atom. The molecule has 5 heteroatoms. The molecule has 0 heterocycles. The lowest BCUT2D eigenvalue weighted by Gasteiger charge is -2.31. The molecule has 0 aliphatic carbocycles. The van der Waals surface area contributed by atoms with Crippen molar-refractivity contribution in [1.82, 2.24) is 5.32 Å². The molecule has 0 aliphatic rings. The lowest BCUT2D eigenvalue weighted by atomic mass is 10.1. The van der Waals surface area contributed by atoms with Gasteiger partial charge in [0, 0.05) is 10.7 Å². The van der Waals surface area contributed by atoms with Gasteiger partial charge in [-0.15, -0.1) is 0 Å². The zero-order valence-corrected chi connectivity index (χ0v) is 13.6. The van der Waals surface area contributed by atoms with Crippen LogP contribution in [-0.4, -0.2) is 19.0 Å². The Balaban J connectivity index is 2.24. The maximum atomic E-state index is 12.1. The molecule has 1 amide bonds. The Bertz CT molecular complexity index is 680. The molecule has 0 aromatic heterocycles. The van der Waals surface area contributed by atoms with Crippen LogP contribution in [0.15, 0.2) is 54.6 Å². The van der Waals surface area contributed by atoms with Crippen LogP contribution in [0.4, 0.5) is 5.69 Å². The van der Waals surface area contributed by atoms with E-state index in [9.17, 15) is 4.79 Å². The van der Waals surface area contributed by atoms with Crippen molar-refractivity contribution >= 4 is 23.2 Å². The van der Waals surface area contributed by atoms with E-state index < -0.39 is 0 Å². The molecule has 0 radical (unpaired) electrons. The number of rotatable bonds is 6. The summed E-state index contributed by atoms with van der Waals surface area (Å²) in [7, 11) is 0. The fraction of sp³-hybridized carbons (Fsp3) is 0.222. The number of benzene rings is 2. The summed E-state index contributed by atoms with van der Waals surface area (Å²) in [5.41, 5.74) is 2.01. The first-order valence-corrected chi connectivity index (χ1v) is 7.70. The largest absolute Gasteiger partial charge is 0.355 e. The Morgan fingerprint density at radius 1 is 1.22 bits per heavy atom. The molecule has 0 spiro atoms. The molecule has 0 bridgehead atoms. The van der Waals surface area contributed by atoms with Gasteiger partial charge < -0.3 is 10.2 Å². The van der Waals surface area contributed by atoms with E-state index in [1.54, 1.807) is 0 Å². The summed E-state index contributed by atoms with van der Waals surface area (Å²) in [6, 6.07) is 19.2. The highest BCUT2D eigenvalue weighted by Crippen LogP contribution is 2.27. The Kier molecular flexibility index (Phi) is 6.02. The van der Waals surface area contributed by atoms with Crippen LogP contribution in [0.1, 0.15) is 18.5 Å². The zero-order valence-electron chi connectivity index (χ0n) is 12.9. The van der Waals surface area contributed by atoms with Crippen molar-refractivity contribution in [2.45, 2.75) is 13.0 Å². The first kappa shape index (κ1) is 16.9. The molecular formula is C18H18ClN3O. The van der Waals surface area contributed by atoms with Gasteiger partial charge in [0.1, 0.15) is 6.54 Å². The molecule has 23 heavy (non-hydrogen) atoms. The molecule has 0 unspecified atom stereocenters. The van der Waals surface area contributed by atoms with Crippen molar-refractivity contribution in [3.63, 3.8) is 0 Å². The number of anilines is 1. The third-order valence-corrected chi connectivity index (χ3v) is 3.84. The molecule has 2 aromatic carbocycles. The quantitative estimate of drug-likeness (QED) is 0.825. The molecule has 2 aromatic rings. The van der Waals surface area contributed by atoms with Crippen molar-refractivity contribution in [2.75, 3.05) is 18.0 Å². The second-order valence-electron chi connectivity index (χ2n) is 5.13. The fourth-order valence-electron chi connectivity index (χ4n) is 2.34. The standard InChI is InChI=1S/C18H18ClN3O/c1-14(15-7-9-16(19)10-8-15)22(13-18(23)21-12-11-20)17-5-3-2-4-6-17/h2-10,14H,12-13H2,1H3,(H,21,23)/t14-/m1/s1. The maximum Gasteiger partial charge on any atom is 0.240 e. The van der Waals surface area contributed by atoms with E-state index in [1.165, 1.54) is 0 Å². The third-order valence-electron chi connectivity index (χ3n) is 3.59. The van der Waals surface area contributed by atoms with Crippen molar-refractivity contribution in [1.29, 1.82) is 5.26 Å². The van der Waals surface area contributed by atoms with Gasteiger partial charge in [0.2, 0.25) is 5.91 Å². The molecule has 0 saturated heterocycles. The van der Waals surface area contributed by atoms with E-state index in [0.29, 0.717) is 5.02 Å². The zero-order chi connectivity index (χ0) is 16.7. The highest BCUT2D eigenvalue weighted by atomic mass is 35.5. The molecule has 0 saturated carbocycles. The molecule has 0 fully saturated rings. The predicted molar refractivity (Wildman–Crippen MR) is 92.3 cm³/mol. The Morgan fingerprint density at radius 2 is 1.87 bits per heavy atom. The fourth-order valence-corrected chi connectivity index (χ4v) is 2.47. The van der Waals surface area contributed by atoms with Crippen molar-refractivity contribution in [2.24, 2.45) is 0 Å². The maximum absolute atomic E-state index is 12.1. The number of carbonyl (C=O) groups is 1. The number of para-hydroxylation sites is 1. The van der Waals surface area contributed by atoms with Gasteiger partial charge in [-0.3, -0.25) is 4.79 Å². The van der Waals surface area contributed by atoms with Gasteiger partial charge in [0.05, 0.1) is 18.7 Å². The van der Waals surface area contributed by atoms with Crippen LogP contribution in [-0.2, 0) is 4.79 Å². The highest BCUT2D eigenvalue weighted by Gasteiger charge is 2.19. The minimum absolute atomic E-state index is 0.0107. The van der Waals surface area contributed by atoms with Crippen LogP contribution < -0.4 is 10.2 Å². The number of hydrogen-bond acceptors (Lipinski definition) is 3. The Hall–Kier alpha value is -2.51. The van der Waals surface area contributed by atoms with E-state index in [4.69, 9.17) is 16.9 Å². The average molecular weight is 328 g/mol. The van der Waals surface area contributed by atoms with Crippen molar-refractivity contribution in [3.8, 4) is 6.07 Å². The minimum atomic E-state index is -0.184. The van der Waals surface area contributed by atoms with Crippen LogP contribution in [0.25, 0.3) is 0 Å². The Labute approximate surface area is 141 Å². The average Bonchev–Trinajstić information content (AvgIpc) is 2.58. The van der Waals surface area contributed by atoms with E-state index in [-0.39, 0.29) is 25.0 Å². The summed E-state index contributed by atoms with van der Waals surface area (Å²) in [5.74, 6) is -0.184. The van der Waals surface area contributed by atoms with Crippen LogP contribution in [0.3, 0.4) is 0 Å². The van der Waals surface area contributed by atoms with Crippen molar-refractivity contribution in [3.05, 3.63) is 65.2 Å². The molecule has 1 atom stereocenters. The molecule has 118 valence electrons. The van der Waals surface area contributed by atoms with Gasteiger partial charge in [0.25, 0.3) is 0 Å². The number of nitrogens with zero attached hydrogens (tertiary/aromatic N) is 2. The lowest BCUT2D eigenvalue weighted by molar-refractivity contribution is -0.119. The van der Waals surface area contributed by atoms with Crippen molar-refractivity contribution < 1.29 is 4.79 Å². The van der Waals surface area contributed by atoms with Gasteiger partial charge in [-0.25, -0.2) is 0 Å². The number of hydrogen-bond donors (Lipinski definition) is 1. The van der Waals surface area contributed by atoms with E-state index in [1.807, 2.05) is 72.5 Å². The molecule has 4 nitrogen and oxygen atoms in total. The smallest absolute Gasteiger partial charge is 0.240 e. The monoisotopic (exact) mass is 327 g/mol. The first-order chi connectivity index (χ1) is 11.1. The third kappa shape index (κ3) is 4.73.